The van der Waals surface area contributed by atoms with Crippen molar-refractivity contribution in [2.45, 2.75) is 38.3 Å². The van der Waals surface area contributed by atoms with Crippen molar-refractivity contribution in [2.75, 3.05) is 11.9 Å². The van der Waals surface area contributed by atoms with E-state index in [9.17, 15) is 0 Å². The highest BCUT2D eigenvalue weighted by Gasteiger charge is 2.28. The number of hydrogen-bond donors (Lipinski definition) is 2. The van der Waals surface area contributed by atoms with Crippen molar-refractivity contribution in [3.05, 3.63) is 30.3 Å². The Balaban J connectivity index is 1.96. The summed E-state index contributed by atoms with van der Waals surface area (Å²) in [6.45, 7) is 4.94. The first kappa shape index (κ1) is 12.9. The van der Waals surface area contributed by atoms with Gasteiger partial charge < -0.3 is 15.8 Å². The minimum atomic E-state index is -0.0978. The third-order valence-corrected chi connectivity index (χ3v) is 3.04. The molecular formula is C14H21N3O. The van der Waals surface area contributed by atoms with Gasteiger partial charge in [-0.2, -0.15) is 0 Å². The van der Waals surface area contributed by atoms with Gasteiger partial charge in [0.15, 0.2) is 5.96 Å². The smallest absolute Gasteiger partial charge is 0.193 e. The van der Waals surface area contributed by atoms with Crippen LogP contribution in [0.1, 0.15) is 26.7 Å². The van der Waals surface area contributed by atoms with Gasteiger partial charge >= 0.3 is 0 Å². The van der Waals surface area contributed by atoms with Crippen LogP contribution >= 0.6 is 0 Å². The van der Waals surface area contributed by atoms with Crippen LogP contribution in [-0.2, 0) is 4.74 Å². The lowest BCUT2D eigenvalue weighted by atomic mass is 9.94. The molecule has 1 aliphatic rings. The van der Waals surface area contributed by atoms with Gasteiger partial charge in [0, 0.05) is 12.3 Å². The number of rotatable bonds is 2. The van der Waals surface area contributed by atoms with Crippen LogP contribution in [-0.4, -0.2) is 24.2 Å². The summed E-state index contributed by atoms with van der Waals surface area (Å²) in [7, 11) is 0. The molecule has 1 aromatic rings. The van der Waals surface area contributed by atoms with Gasteiger partial charge in [-0.15, -0.1) is 0 Å². The molecule has 1 heterocycles. The number of para-hydroxylation sites is 1. The summed E-state index contributed by atoms with van der Waals surface area (Å²) in [5.74, 6) is 0.476. The van der Waals surface area contributed by atoms with Gasteiger partial charge in [0.2, 0.25) is 0 Å². The molecule has 1 aromatic carbocycles. The monoisotopic (exact) mass is 247 g/mol. The predicted octanol–water partition coefficient (Wildman–Crippen LogP) is 2.37. The van der Waals surface area contributed by atoms with Crippen LogP contribution in [0.2, 0.25) is 0 Å². The van der Waals surface area contributed by atoms with Crippen molar-refractivity contribution in [1.82, 2.24) is 0 Å². The Morgan fingerprint density at radius 2 is 2.11 bits per heavy atom. The maximum atomic E-state index is 5.92. The molecule has 1 atom stereocenters. The van der Waals surface area contributed by atoms with Gasteiger partial charge in [0.1, 0.15) is 0 Å². The fourth-order valence-corrected chi connectivity index (χ4v) is 2.21. The molecular weight excluding hydrogens is 226 g/mol. The van der Waals surface area contributed by atoms with Crippen LogP contribution in [0.3, 0.4) is 0 Å². The third-order valence-electron chi connectivity index (χ3n) is 3.04. The van der Waals surface area contributed by atoms with Crippen molar-refractivity contribution in [1.29, 1.82) is 0 Å². The number of aliphatic imine (C=N–C) groups is 1. The average molecular weight is 247 g/mol. The van der Waals surface area contributed by atoms with Crippen molar-refractivity contribution in [2.24, 2.45) is 10.7 Å². The minimum absolute atomic E-state index is 0.0978. The Hall–Kier alpha value is -1.55. The summed E-state index contributed by atoms with van der Waals surface area (Å²) in [6.07, 6.45) is 1.84. The number of anilines is 1. The molecule has 98 valence electrons. The summed E-state index contributed by atoms with van der Waals surface area (Å²) in [5.41, 5.74) is 6.79. The standard InChI is InChI=1S/C14H21N3O/c1-14(2)10-12(8-9-18-14)17-13(15)16-11-6-4-3-5-7-11/h3-7,12H,8-10H2,1-2H3,(H3,15,16,17). The maximum Gasteiger partial charge on any atom is 0.193 e. The topological polar surface area (TPSA) is 59.6 Å². The molecule has 0 bridgehead atoms. The second-order valence-electron chi connectivity index (χ2n) is 5.26. The molecule has 0 saturated carbocycles. The van der Waals surface area contributed by atoms with Crippen molar-refractivity contribution in [3.8, 4) is 0 Å². The lowest BCUT2D eigenvalue weighted by Crippen LogP contribution is -2.37. The fourth-order valence-electron chi connectivity index (χ4n) is 2.21. The Morgan fingerprint density at radius 3 is 2.78 bits per heavy atom. The molecule has 0 aromatic heterocycles. The van der Waals surface area contributed by atoms with Gasteiger partial charge in [0.25, 0.3) is 0 Å². The number of ether oxygens (including phenoxy) is 1. The molecule has 0 radical (unpaired) electrons. The van der Waals surface area contributed by atoms with Crippen LogP contribution in [0.15, 0.2) is 35.3 Å². The molecule has 1 saturated heterocycles. The first-order valence-corrected chi connectivity index (χ1v) is 6.34. The lowest BCUT2D eigenvalue weighted by molar-refractivity contribution is -0.0575. The van der Waals surface area contributed by atoms with Crippen molar-refractivity contribution >= 4 is 11.6 Å². The van der Waals surface area contributed by atoms with Gasteiger partial charge in [-0.05, 0) is 38.8 Å². The summed E-state index contributed by atoms with van der Waals surface area (Å²) >= 11 is 0. The molecule has 1 unspecified atom stereocenters. The number of benzene rings is 1. The molecule has 4 heteroatoms. The summed E-state index contributed by atoms with van der Waals surface area (Å²) in [5, 5.41) is 3.10. The second-order valence-corrected chi connectivity index (χ2v) is 5.26. The lowest BCUT2D eigenvalue weighted by Gasteiger charge is -2.33. The molecule has 0 aliphatic carbocycles. The van der Waals surface area contributed by atoms with E-state index in [1.165, 1.54) is 0 Å². The zero-order valence-corrected chi connectivity index (χ0v) is 11.0. The Bertz CT molecular complexity index is 414. The molecule has 0 amide bonds. The Labute approximate surface area is 108 Å². The fraction of sp³-hybridized carbons (Fsp3) is 0.500. The number of nitrogens with zero attached hydrogens (tertiary/aromatic N) is 1. The summed E-state index contributed by atoms with van der Waals surface area (Å²) in [4.78, 5) is 4.53. The molecule has 1 fully saturated rings. The highest BCUT2D eigenvalue weighted by atomic mass is 16.5. The van der Waals surface area contributed by atoms with Crippen LogP contribution in [0.4, 0.5) is 5.69 Å². The largest absolute Gasteiger partial charge is 0.375 e. The van der Waals surface area contributed by atoms with E-state index >= 15 is 0 Å². The van der Waals surface area contributed by atoms with E-state index in [0.717, 1.165) is 25.1 Å². The van der Waals surface area contributed by atoms with Gasteiger partial charge in [-0.3, -0.25) is 0 Å². The normalized spacial score (nSPS) is 23.7. The van der Waals surface area contributed by atoms with E-state index in [1.807, 2.05) is 30.3 Å². The highest BCUT2D eigenvalue weighted by Crippen LogP contribution is 2.25. The zero-order valence-electron chi connectivity index (χ0n) is 11.0. The highest BCUT2D eigenvalue weighted by molar-refractivity contribution is 5.92. The van der Waals surface area contributed by atoms with Crippen LogP contribution < -0.4 is 11.1 Å². The molecule has 4 nitrogen and oxygen atoms in total. The first-order valence-electron chi connectivity index (χ1n) is 6.34. The van der Waals surface area contributed by atoms with Crippen LogP contribution in [0, 0.1) is 0 Å². The third kappa shape index (κ3) is 3.74. The predicted molar refractivity (Wildman–Crippen MR) is 74.7 cm³/mol. The summed E-state index contributed by atoms with van der Waals surface area (Å²) in [6, 6.07) is 10.1. The minimum Gasteiger partial charge on any atom is -0.375 e. The average Bonchev–Trinajstić information content (AvgIpc) is 2.28. The number of nitrogens with one attached hydrogen (secondary N) is 1. The van der Waals surface area contributed by atoms with E-state index in [1.54, 1.807) is 0 Å². The van der Waals surface area contributed by atoms with E-state index in [4.69, 9.17) is 10.5 Å². The quantitative estimate of drug-likeness (QED) is 0.623. The maximum absolute atomic E-state index is 5.92. The molecule has 18 heavy (non-hydrogen) atoms. The Kier molecular flexibility index (Phi) is 3.87. The number of nitrogens with two attached hydrogens (primary N) is 1. The SMILES string of the molecule is CC1(C)CC(N=C(N)Nc2ccccc2)CCO1. The molecule has 3 N–H and O–H groups in total. The van der Waals surface area contributed by atoms with E-state index in [2.05, 4.69) is 24.2 Å². The zero-order chi connectivity index (χ0) is 13.0. The van der Waals surface area contributed by atoms with Crippen molar-refractivity contribution < 1.29 is 4.74 Å². The summed E-state index contributed by atoms with van der Waals surface area (Å²) < 4.78 is 5.66. The van der Waals surface area contributed by atoms with E-state index in [0.29, 0.717) is 5.96 Å². The first-order chi connectivity index (χ1) is 8.55. The molecule has 0 spiro atoms. The van der Waals surface area contributed by atoms with E-state index < -0.39 is 0 Å². The van der Waals surface area contributed by atoms with Crippen LogP contribution in [0.5, 0.6) is 0 Å². The molecule has 2 rings (SSSR count). The van der Waals surface area contributed by atoms with E-state index in [-0.39, 0.29) is 11.6 Å². The number of guanidine groups is 1. The van der Waals surface area contributed by atoms with Gasteiger partial charge in [-0.25, -0.2) is 4.99 Å². The Morgan fingerprint density at radius 1 is 1.39 bits per heavy atom. The van der Waals surface area contributed by atoms with Crippen LogP contribution in [0.25, 0.3) is 0 Å². The van der Waals surface area contributed by atoms with Crippen molar-refractivity contribution in [3.63, 3.8) is 0 Å². The van der Waals surface area contributed by atoms with Gasteiger partial charge in [-0.1, -0.05) is 18.2 Å². The van der Waals surface area contributed by atoms with Gasteiger partial charge in [0.05, 0.1) is 11.6 Å². The molecule has 1 aliphatic heterocycles. The number of hydrogen-bond acceptors (Lipinski definition) is 2. The second kappa shape index (κ2) is 5.40.